The van der Waals surface area contributed by atoms with Crippen LogP contribution < -0.4 is 0 Å². The van der Waals surface area contributed by atoms with E-state index in [4.69, 9.17) is 4.74 Å². The van der Waals surface area contributed by atoms with Crippen LogP contribution in [0.1, 0.15) is 40.2 Å². The molecule has 0 fully saturated rings. The first-order valence-corrected chi connectivity index (χ1v) is 11.0. The van der Waals surface area contributed by atoms with Gasteiger partial charge < -0.3 is 9.84 Å². The third kappa shape index (κ3) is 6.26. The van der Waals surface area contributed by atoms with Gasteiger partial charge in [-0.2, -0.15) is 0 Å². The van der Waals surface area contributed by atoms with Gasteiger partial charge in [-0.3, -0.25) is 24.8 Å². The van der Waals surface area contributed by atoms with E-state index in [2.05, 4.69) is 24.8 Å². The Morgan fingerprint density at radius 3 is 1.82 bits per heavy atom. The number of rotatable bonds is 11. The number of pyridine rings is 4. The topological polar surface area (TPSA) is 84.3 Å². The Morgan fingerprint density at radius 1 is 0.735 bits per heavy atom. The fourth-order valence-electron chi connectivity index (χ4n) is 3.80. The minimum atomic E-state index is -0.855. The van der Waals surface area contributed by atoms with Crippen molar-refractivity contribution in [2.45, 2.75) is 32.3 Å². The summed E-state index contributed by atoms with van der Waals surface area (Å²) in [6, 6.07) is 22.6. The van der Waals surface area contributed by atoms with Crippen molar-refractivity contribution in [1.82, 2.24) is 24.8 Å². The summed E-state index contributed by atoms with van der Waals surface area (Å²) in [5.74, 6) is 0. The summed E-state index contributed by atoms with van der Waals surface area (Å²) >= 11 is 0. The fraction of sp³-hybridized carbons (Fsp3) is 0.231. The van der Waals surface area contributed by atoms with Crippen LogP contribution in [0, 0.1) is 0 Å². The van der Waals surface area contributed by atoms with Crippen molar-refractivity contribution in [3.05, 3.63) is 119 Å². The monoisotopic (exact) mass is 459 g/mol. The molecule has 174 valence electrons. The minimum Gasteiger partial charge on any atom is -0.390 e. The molecule has 0 aliphatic carbocycles. The molecule has 0 aliphatic heterocycles. The molecule has 1 N–H and O–H groups in total. The highest BCUT2D eigenvalue weighted by atomic mass is 19.1. The smallest absolute Gasteiger partial charge is 0.188 e. The predicted octanol–water partition coefficient (Wildman–Crippen LogP) is 3.99. The molecule has 0 saturated carbocycles. The Morgan fingerprint density at radius 2 is 1.29 bits per heavy atom. The first kappa shape index (κ1) is 23.6. The number of hydrogen-bond acceptors (Lipinski definition) is 7. The lowest BCUT2D eigenvalue weighted by atomic mass is 10.1. The molecule has 34 heavy (non-hydrogen) atoms. The van der Waals surface area contributed by atoms with Crippen molar-refractivity contribution in [3.8, 4) is 0 Å². The molecule has 4 heterocycles. The molecule has 0 atom stereocenters. The van der Waals surface area contributed by atoms with E-state index in [1.807, 2.05) is 66.7 Å². The van der Waals surface area contributed by atoms with Crippen molar-refractivity contribution < 1.29 is 14.2 Å². The highest BCUT2D eigenvalue weighted by molar-refractivity contribution is 5.24. The number of hydrogen-bond donors (Lipinski definition) is 1. The normalized spacial score (nSPS) is 11.3. The zero-order chi connectivity index (χ0) is 23.6. The number of aliphatic hydroxyl groups excluding tert-OH is 1. The maximum atomic E-state index is 12.5. The van der Waals surface area contributed by atoms with Crippen molar-refractivity contribution in [3.63, 3.8) is 0 Å². The maximum absolute atomic E-state index is 12.5. The van der Waals surface area contributed by atoms with Gasteiger partial charge in [-0.1, -0.05) is 24.3 Å². The second-order valence-electron chi connectivity index (χ2n) is 7.67. The van der Waals surface area contributed by atoms with Crippen molar-refractivity contribution in [2.75, 3.05) is 6.86 Å². The molecule has 0 spiro atoms. The number of ether oxygens (including phenoxy) is 1. The van der Waals surface area contributed by atoms with Crippen molar-refractivity contribution in [1.29, 1.82) is 0 Å². The van der Waals surface area contributed by atoms with Gasteiger partial charge in [-0.15, -0.1) is 0 Å². The van der Waals surface area contributed by atoms with Crippen LogP contribution in [0.2, 0.25) is 0 Å². The molecule has 0 saturated heterocycles. The highest BCUT2D eigenvalue weighted by Gasteiger charge is 2.26. The van der Waals surface area contributed by atoms with Gasteiger partial charge in [0, 0.05) is 25.5 Å². The number of alkyl halides is 1. The predicted molar refractivity (Wildman–Crippen MR) is 125 cm³/mol. The quantitative estimate of drug-likeness (QED) is 0.363. The lowest BCUT2D eigenvalue weighted by Gasteiger charge is -2.31. The number of halogens is 1. The number of aromatic nitrogens is 4. The van der Waals surface area contributed by atoms with Crippen LogP contribution in [0.4, 0.5) is 4.39 Å². The average Bonchev–Trinajstić information content (AvgIpc) is 2.89. The maximum Gasteiger partial charge on any atom is 0.188 e. The molecule has 4 aromatic rings. The van der Waals surface area contributed by atoms with Gasteiger partial charge in [-0.05, 0) is 48.5 Å². The van der Waals surface area contributed by atoms with Gasteiger partial charge in [0.05, 0.1) is 53.4 Å². The summed E-state index contributed by atoms with van der Waals surface area (Å²) in [7, 11) is 0. The molecule has 0 bridgehead atoms. The Kier molecular flexibility index (Phi) is 8.34. The van der Waals surface area contributed by atoms with Crippen LogP contribution in [-0.4, -0.2) is 36.8 Å². The van der Waals surface area contributed by atoms with Gasteiger partial charge in [0.1, 0.15) is 0 Å². The molecule has 0 radical (unpaired) electrons. The van der Waals surface area contributed by atoms with Crippen LogP contribution in [0.15, 0.2) is 85.2 Å². The fourth-order valence-corrected chi connectivity index (χ4v) is 3.80. The third-order valence-electron chi connectivity index (χ3n) is 5.25. The molecular formula is C26H26FN5O2. The number of nitrogens with zero attached hydrogens (tertiary/aromatic N) is 5. The molecule has 4 aromatic heterocycles. The SMILES string of the molecule is OCc1cccc(CN(Cc2cccc(COCF)n2)C(c2ccccn2)c2ccccn2)n1. The second kappa shape index (κ2) is 12.0. The second-order valence-corrected chi connectivity index (χ2v) is 7.67. The van der Waals surface area contributed by atoms with Crippen LogP contribution in [0.5, 0.6) is 0 Å². The van der Waals surface area contributed by atoms with E-state index in [0.717, 1.165) is 22.8 Å². The van der Waals surface area contributed by atoms with E-state index in [-0.39, 0.29) is 19.3 Å². The summed E-state index contributed by atoms with van der Waals surface area (Å²) in [5, 5.41) is 9.55. The van der Waals surface area contributed by atoms with E-state index < -0.39 is 6.86 Å². The van der Waals surface area contributed by atoms with E-state index in [9.17, 15) is 9.50 Å². The van der Waals surface area contributed by atoms with Gasteiger partial charge in [0.15, 0.2) is 6.86 Å². The lowest BCUT2D eigenvalue weighted by Crippen LogP contribution is -2.31. The molecule has 7 nitrogen and oxygen atoms in total. The standard InChI is InChI=1S/C26H26FN5O2/c27-19-34-18-23-10-6-8-21(31-23)16-32(15-20-7-5-9-22(17-33)30-20)26(24-11-1-3-13-28-24)25-12-2-4-14-29-25/h1-14,26,33H,15-19H2. The first-order chi connectivity index (χ1) is 16.8. The van der Waals surface area contributed by atoms with E-state index in [1.165, 1.54) is 0 Å². The zero-order valence-corrected chi connectivity index (χ0v) is 18.7. The van der Waals surface area contributed by atoms with E-state index >= 15 is 0 Å². The zero-order valence-electron chi connectivity index (χ0n) is 18.7. The summed E-state index contributed by atoms with van der Waals surface area (Å²) in [6.45, 7) is 0.0570. The van der Waals surface area contributed by atoms with Crippen molar-refractivity contribution >= 4 is 0 Å². The Hall–Kier alpha value is -3.59. The largest absolute Gasteiger partial charge is 0.390 e. The van der Waals surface area contributed by atoms with Crippen molar-refractivity contribution in [2.24, 2.45) is 0 Å². The van der Waals surface area contributed by atoms with Crippen LogP contribution in [0.3, 0.4) is 0 Å². The van der Waals surface area contributed by atoms with Crippen LogP contribution >= 0.6 is 0 Å². The molecule has 8 heteroatoms. The molecule has 4 rings (SSSR count). The Labute approximate surface area is 198 Å². The minimum absolute atomic E-state index is 0.106. The van der Waals surface area contributed by atoms with Gasteiger partial charge in [0.2, 0.25) is 0 Å². The first-order valence-electron chi connectivity index (χ1n) is 11.0. The molecular weight excluding hydrogens is 433 g/mol. The number of aliphatic hydroxyl groups is 1. The summed E-state index contributed by atoms with van der Waals surface area (Å²) in [5.41, 5.74) is 4.55. The van der Waals surface area contributed by atoms with Gasteiger partial charge in [0.25, 0.3) is 0 Å². The molecule has 0 unspecified atom stereocenters. The Balaban J connectivity index is 1.73. The summed E-state index contributed by atoms with van der Waals surface area (Å²) in [6.07, 6.45) is 3.53. The molecule has 0 amide bonds. The molecule has 0 aromatic carbocycles. The van der Waals surface area contributed by atoms with Crippen LogP contribution in [0.25, 0.3) is 0 Å². The summed E-state index contributed by atoms with van der Waals surface area (Å²) < 4.78 is 17.4. The summed E-state index contributed by atoms with van der Waals surface area (Å²) in [4.78, 5) is 20.7. The van der Waals surface area contributed by atoms with E-state index in [1.54, 1.807) is 18.5 Å². The van der Waals surface area contributed by atoms with Gasteiger partial charge >= 0.3 is 0 Å². The Bertz CT molecular complexity index is 1120. The lowest BCUT2D eigenvalue weighted by molar-refractivity contribution is 0.0442. The average molecular weight is 460 g/mol. The molecule has 0 aliphatic rings. The van der Waals surface area contributed by atoms with E-state index in [0.29, 0.717) is 24.5 Å². The van der Waals surface area contributed by atoms with Crippen LogP contribution in [-0.2, 0) is 31.0 Å². The highest BCUT2D eigenvalue weighted by Crippen LogP contribution is 2.29. The van der Waals surface area contributed by atoms with Gasteiger partial charge in [-0.25, -0.2) is 4.39 Å². The third-order valence-corrected chi connectivity index (χ3v) is 5.25.